The van der Waals surface area contributed by atoms with E-state index in [1.165, 1.54) is 22.6 Å². The molecule has 2 aromatic carbocycles. The summed E-state index contributed by atoms with van der Waals surface area (Å²) in [6.45, 7) is 4.34. The highest BCUT2D eigenvalue weighted by atomic mass is 79.9. The van der Waals surface area contributed by atoms with Crippen LogP contribution in [-0.4, -0.2) is 26.2 Å². The molecular weight excluding hydrogens is 381 g/mol. The molecule has 1 fully saturated rings. The van der Waals surface area contributed by atoms with Crippen molar-refractivity contribution in [3.8, 4) is 0 Å². The molecule has 2 aromatic rings. The van der Waals surface area contributed by atoms with Crippen LogP contribution >= 0.6 is 15.9 Å². The molecule has 0 spiro atoms. The fraction of sp³-hybridized carbons (Fsp3) is 0.333. The molecule has 128 valence electrons. The Kier molecular flexibility index (Phi) is 5.15. The van der Waals surface area contributed by atoms with Crippen molar-refractivity contribution in [3.63, 3.8) is 0 Å². The summed E-state index contributed by atoms with van der Waals surface area (Å²) in [6, 6.07) is 13.9. The third kappa shape index (κ3) is 4.30. The first-order valence-electron chi connectivity index (χ1n) is 7.92. The summed E-state index contributed by atoms with van der Waals surface area (Å²) >= 11 is 3.43. The quantitative estimate of drug-likeness (QED) is 0.831. The monoisotopic (exact) mass is 399 g/mol. The molecule has 0 atom stereocenters. The first-order chi connectivity index (χ1) is 11.4. The van der Waals surface area contributed by atoms with E-state index < -0.39 is 11.7 Å². The van der Waals surface area contributed by atoms with E-state index in [0.29, 0.717) is 5.69 Å². The number of halogens is 4. The molecule has 1 heterocycles. The fourth-order valence-electron chi connectivity index (χ4n) is 3.03. The van der Waals surface area contributed by atoms with Crippen LogP contribution in [0.3, 0.4) is 0 Å². The molecule has 1 aliphatic heterocycles. The molecule has 1 N–H and O–H groups in total. The molecule has 24 heavy (non-hydrogen) atoms. The Bertz CT molecular complexity index is 677. The number of nitrogens with one attached hydrogen (secondary N) is 1. The average Bonchev–Trinajstić information content (AvgIpc) is 2.57. The molecule has 0 aromatic heterocycles. The summed E-state index contributed by atoms with van der Waals surface area (Å²) in [5.41, 5.74) is 1.36. The number of hydrogen-bond acceptors (Lipinski definition) is 1. The van der Waals surface area contributed by atoms with E-state index in [2.05, 4.69) is 28.1 Å². The maximum absolute atomic E-state index is 12.8. The third-order valence-corrected chi connectivity index (χ3v) is 4.91. The molecule has 0 bridgehead atoms. The van der Waals surface area contributed by atoms with Crippen LogP contribution in [0.2, 0.25) is 0 Å². The van der Waals surface area contributed by atoms with Crippen molar-refractivity contribution in [1.29, 1.82) is 0 Å². The molecule has 0 aliphatic carbocycles. The summed E-state index contributed by atoms with van der Waals surface area (Å²) in [5, 5.41) is 0. The number of anilines is 1. The average molecular weight is 400 g/mol. The molecule has 0 saturated carbocycles. The SMILES string of the molecule is FC(F)(F)c1cccc(N2CC[NH+](Cc3ccc(Br)cc3)CC2)c1. The maximum atomic E-state index is 12.8. The van der Waals surface area contributed by atoms with Gasteiger partial charge in [0.2, 0.25) is 0 Å². The number of nitrogens with zero attached hydrogens (tertiary/aromatic N) is 1. The molecular formula is C18H19BrF3N2+. The predicted octanol–water partition coefficient (Wildman–Crippen LogP) is 3.37. The summed E-state index contributed by atoms with van der Waals surface area (Å²) in [6.07, 6.45) is -4.29. The molecule has 0 unspecified atom stereocenters. The van der Waals surface area contributed by atoms with E-state index in [1.54, 1.807) is 6.07 Å². The largest absolute Gasteiger partial charge is 0.416 e. The summed E-state index contributed by atoms with van der Waals surface area (Å²) in [5.74, 6) is 0. The summed E-state index contributed by atoms with van der Waals surface area (Å²) in [7, 11) is 0. The zero-order chi connectivity index (χ0) is 17.2. The van der Waals surface area contributed by atoms with E-state index in [0.717, 1.165) is 43.3 Å². The van der Waals surface area contributed by atoms with Crippen molar-refractivity contribution >= 4 is 21.6 Å². The standard InChI is InChI=1S/C18H18BrF3N2/c19-16-6-4-14(5-7-16)13-23-8-10-24(11-9-23)17-3-1-2-15(12-17)18(20,21)22/h1-7,12H,8-11,13H2/p+1. The van der Waals surface area contributed by atoms with Gasteiger partial charge >= 0.3 is 6.18 Å². The Balaban J connectivity index is 1.60. The molecule has 2 nitrogen and oxygen atoms in total. The number of piperazine rings is 1. The van der Waals surface area contributed by atoms with Gasteiger partial charge in [0.15, 0.2) is 0 Å². The lowest BCUT2D eigenvalue weighted by Gasteiger charge is -2.34. The van der Waals surface area contributed by atoms with Crippen molar-refractivity contribution < 1.29 is 18.1 Å². The summed E-state index contributed by atoms with van der Waals surface area (Å²) in [4.78, 5) is 3.50. The molecule has 1 aliphatic rings. The minimum absolute atomic E-state index is 0.579. The second kappa shape index (κ2) is 7.15. The highest BCUT2D eigenvalue weighted by molar-refractivity contribution is 9.10. The van der Waals surface area contributed by atoms with Crippen molar-refractivity contribution in [3.05, 3.63) is 64.1 Å². The third-order valence-electron chi connectivity index (χ3n) is 4.38. The van der Waals surface area contributed by atoms with Crippen LogP contribution in [0.15, 0.2) is 53.0 Å². The zero-order valence-corrected chi connectivity index (χ0v) is 14.7. The van der Waals surface area contributed by atoms with Gasteiger partial charge in [-0.05, 0) is 30.3 Å². The lowest BCUT2D eigenvalue weighted by molar-refractivity contribution is -0.914. The summed E-state index contributed by atoms with van der Waals surface area (Å²) < 4.78 is 39.6. The van der Waals surface area contributed by atoms with Gasteiger partial charge in [0.05, 0.1) is 31.7 Å². The molecule has 1 saturated heterocycles. The minimum atomic E-state index is -4.29. The number of hydrogen-bond donors (Lipinski definition) is 1. The lowest BCUT2D eigenvalue weighted by atomic mass is 10.1. The Morgan fingerprint density at radius 1 is 1.00 bits per heavy atom. The molecule has 0 amide bonds. The van der Waals surface area contributed by atoms with Crippen LogP contribution < -0.4 is 9.80 Å². The Morgan fingerprint density at radius 2 is 1.67 bits per heavy atom. The zero-order valence-electron chi connectivity index (χ0n) is 13.1. The van der Waals surface area contributed by atoms with Crippen LogP contribution in [0.25, 0.3) is 0 Å². The Labute approximate surface area is 148 Å². The van der Waals surface area contributed by atoms with Gasteiger partial charge in [0.1, 0.15) is 6.54 Å². The van der Waals surface area contributed by atoms with Crippen LogP contribution in [0.4, 0.5) is 18.9 Å². The van der Waals surface area contributed by atoms with Gasteiger partial charge in [-0.25, -0.2) is 0 Å². The van der Waals surface area contributed by atoms with Gasteiger partial charge in [0, 0.05) is 15.7 Å². The van der Waals surface area contributed by atoms with E-state index in [1.807, 2.05) is 17.0 Å². The normalized spacial score (nSPS) is 16.4. The van der Waals surface area contributed by atoms with Crippen molar-refractivity contribution in [1.82, 2.24) is 0 Å². The number of benzene rings is 2. The van der Waals surface area contributed by atoms with E-state index in [4.69, 9.17) is 0 Å². The van der Waals surface area contributed by atoms with Gasteiger partial charge in [0.25, 0.3) is 0 Å². The molecule has 6 heteroatoms. The highest BCUT2D eigenvalue weighted by Crippen LogP contribution is 2.31. The molecule has 3 rings (SSSR count). The second-order valence-electron chi connectivity index (χ2n) is 6.09. The lowest BCUT2D eigenvalue weighted by Crippen LogP contribution is -3.13. The van der Waals surface area contributed by atoms with Crippen molar-refractivity contribution in [2.24, 2.45) is 0 Å². The number of alkyl halides is 3. The van der Waals surface area contributed by atoms with Crippen LogP contribution in [0.5, 0.6) is 0 Å². The van der Waals surface area contributed by atoms with E-state index >= 15 is 0 Å². The van der Waals surface area contributed by atoms with Crippen LogP contribution in [-0.2, 0) is 12.7 Å². The first kappa shape index (κ1) is 17.3. The van der Waals surface area contributed by atoms with Gasteiger partial charge in [-0.3, -0.25) is 0 Å². The number of quaternary nitrogens is 1. The second-order valence-corrected chi connectivity index (χ2v) is 7.00. The predicted molar refractivity (Wildman–Crippen MR) is 92.2 cm³/mol. The molecule has 0 radical (unpaired) electrons. The van der Waals surface area contributed by atoms with E-state index in [-0.39, 0.29) is 0 Å². The van der Waals surface area contributed by atoms with Crippen LogP contribution in [0.1, 0.15) is 11.1 Å². The van der Waals surface area contributed by atoms with E-state index in [9.17, 15) is 13.2 Å². The van der Waals surface area contributed by atoms with Gasteiger partial charge in [-0.15, -0.1) is 0 Å². The highest BCUT2D eigenvalue weighted by Gasteiger charge is 2.31. The van der Waals surface area contributed by atoms with Crippen LogP contribution in [0, 0.1) is 0 Å². The first-order valence-corrected chi connectivity index (χ1v) is 8.71. The topological polar surface area (TPSA) is 7.68 Å². The van der Waals surface area contributed by atoms with Gasteiger partial charge in [-0.1, -0.05) is 34.1 Å². The maximum Gasteiger partial charge on any atom is 0.416 e. The van der Waals surface area contributed by atoms with Crippen molar-refractivity contribution in [2.75, 3.05) is 31.1 Å². The van der Waals surface area contributed by atoms with Crippen molar-refractivity contribution in [2.45, 2.75) is 12.7 Å². The minimum Gasteiger partial charge on any atom is -0.360 e. The Morgan fingerprint density at radius 3 is 2.29 bits per heavy atom. The Hall–Kier alpha value is -1.53. The van der Waals surface area contributed by atoms with Gasteiger partial charge < -0.3 is 9.80 Å². The fourth-order valence-corrected chi connectivity index (χ4v) is 3.29. The smallest absolute Gasteiger partial charge is 0.360 e. The number of rotatable bonds is 3. The van der Waals surface area contributed by atoms with Gasteiger partial charge in [-0.2, -0.15) is 13.2 Å².